The van der Waals surface area contributed by atoms with Crippen molar-refractivity contribution in [3.05, 3.63) is 29.8 Å². The zero-order valence-electron chi connectivity index (χ0n) is 12.0. The van der Waals surface area contributed by atoms with Crippen molar-refractivity contribution in [2.75, 3.05) is 34.3 Å². The number of carbonyl (C=O) groups excluding carboxylic acids is 1. The van der Waals surface area contributed by atoms with Crippen LogP contribution in [0.3, 0.4) is 0 Å². The summed E-state index contributed by atoms with van der Waals surface area (Å²) in [7, 11) is 5.86. The SMILES string of the molecule is CCOc1ccccc1/C=N\NC(=O)C[N+](C)(C)C. The number of hydrazone groups is 1. The summed E-state index contributed by atoms with van der Waals surface area (Å²) in [6.45, 7) is 2.90. The number of hydrogen-bond donors (Lipinski definition) is 1. The van der Waals surface area contributed by atoms with Crippen molar-refractivity contribution < 1.29 is 14.0 Å². The molecule has 19 heavy (non-hydrogen) atoms. The van der Waals surface area contributed by atoms with E-state index in [1.165, 1.54) is 0 Å². The van der Waals surface area contributed by atoms with Crippen LogP contribution in [0, 0.1) is 0 Å². The Morgan fingerprint density at radius 1 is 1.37 bits per heavy atom. The van der Waals surface area contributed by atoms with E-state index in [2.05, 4.69) is 10.5 Å². The highest BCUT2D eigenvalue weighted by atomic mass is 16.5. The Bertz CT molecular complexity index is 450. The van der Waals surface area contributed by atoms with Crippen LogP contribution in [0.4, 0.5) is 0 Å². The van der Waals surface area contributed by atoms with E-state index in [9.17, 15) is 4.79 Å². The molecule has 0 aliphatic heterocycles. The quantitative estimate of drug-likeness (QED) is 0.477. The van der Waals surface area contributed by atoms with Crippen molar-refractivity contribution >= 4 is 12.1 Å². The van der Waals surface area contributed by atoms with E-state index in [0.29, 0.717) is 17.6 Å². The Hall–Kier alpha value is -1.88. The molecule has 0 aliphatic carbocycles. The maximum atomic E-state index is 11.6. The third-order valence-electron chi connectivity index (χ3n) is 2.23. The highest BCUT2D eigenvalue weighted by Gasteiger charge is 2.13. The van der Waals surface area contributed by atoms with Gasteiger partial charge < -0.3 is 9.22 Å². The molecule has 1 rings (SSSR count). The number of nitrogens with zero attached hydrogens (tertiary/aromatic N) is 2. The fourth-order valence-corrected chi connectivity index (χ4v) is 1.51. The van der Waals surface area contributed by atoms with E-state index in [1.807, 2.05) is 52.3 Å². The predicted molar refractivity (Wildman–Crippen MR) is 76.2 cm³/mol. The van der Waals surface area contributed by atoms with Gasteiger partial charge in [-0.25, -0.2) is 5.43 Å². The van der Waals surface area contributed by atoms with E-state index in [4.69, 9.17) is 4.74 Å². The van der Waals surface area contributed by atoms with Gasteiger partial charge in [-0.15, -0.1) is 0 Å². The zero-order chi connectivity index (χ0) is 14.3. The first kappa shape index (κ1) is 15.2. The molecule has 0 radical (unpaired) electrons. The van der Waals surface area contributed by atoms with Gasteiger partial charge >= 0.3 is 0 Å². The normalized spacial score (nSPS) is 11.6. The molecule has 0 fully saturated rings. The first-order valence-corrected chi connectivity index (χ1v) is 6.26. The second-order valence-electron chi connectivity index (χ2n) is 5.21. The zero-order valence-corrected chi connectivity index (χ0v) is 12.0. The summed E-state index contributed by atoms with van der Waals surface area (Å²) >= 11 is 0. The topological polar surface area (TPSA) is 50.7 Å². The van der Waals surface area contributed by atoms with Crippen LogP contribution in [0.25, 0.3) is 0 Å². The minimum atomic E-state index is -0.113. The Morgan fingerprint density at radius 2 is 2.05 bits per heavy atom. The van der Waals surface area contributed by atoms with E-state index >= 15 is 0 Å². The summed E-state index contributed by atoms with van der Waals surface area (Å²) in [5.74, 6) is 0.646. The molecule has 0 unspecified atom stereocenters. The second kappa shape index (κ2) is 6.89. The summed E-state index contributed by atoms with van der Waals surface area (Å²) in [5, 5.41) is 3.95. The molecular formula is C14H22N3O2+. The molecule has 0 bridgehead atoms. The Morgan fingerprint density at radius 3 is 2.68 bits per heavy atom. The lowest BCUT2D eigenvalue weighted by Crippen LogP contribution is -2.43. The molecule has 5 nitrogen and oxygen atoms in total. The first-order chi connectivity index (χ1) is 8.92. The van der Waals surface area contributed by atoms with Gasteiger partial charge in [0.15, 0.2) is 6.54 Å². The fraction of sp³-hybridized carbons (Fsp3) is 0.429. The maximum Gasteiger partial charge on any atom is 0.295 e. The van der Waals surface area contributed by atoms with E-state index in [1.54, 1.807) is 6.21 Å². The van der Waals surface area contributed by atoms with E-state index < -0.39 is 0 Å². The molecule has 1 aromatic carbocycles. The second-order valence-corrected chi connectivity index (χ2v) is 5.21. The van der Waals surface area contributed by atoms with Crippen molar-refractivity contribution in [2.45, 2.75) is 6.92 Å². The Labute approximate surface area is 114 Å². The first-order valence-electron chi connectivity index (χ1n) is 6.26. The number of amides is 1. The standard InChI is InChI=1S/C14H21N3O2/c1-5-19-13-9-7-6-8-12(13)10-15-16-14(18)11-17(2,3)4/h6-10H,5,11H2,1-4H3/p+1/b15-10-. The minimum absolute atomic E-state index is 0.113. The highest BCUT2D eigenvalue weighted by molar-refractivity contribution is 5.85. The van der Waals surface area contributed by atoms with Gasteiger partial charge in [0.2, 0.25) is 0 Å². The lowest BCUT2D eigenvalue weighted by Gasteiger charge is -2.22. The average molecular weight is 264 g/mol. The van der Waals surface area contributed by atoms with Crippen LogP contribution >= 0.6 is 0 Å². The highest BCUT2D eigenvalue weighted by Crippen LogP contribution is 2.15. The van der Waals surface area contributed by atoms with Crippen LogP contribution in [-0.4, -0.2) is 50.9 Å². The number of quaternary nitrogens is 1. The number of hydrogen-bond acceptors (Lipinski definition) is 3. The Balaban J connectivity index is 2.60. The van der Waals surface area contributed by atoms with Gasteiger partial charge in [0.05, 0.1) is 34.0 Å². The fourth-order valence-electron chi connectivity index (χ4n) is 1.51. The van der Waals surface area contributed by atoms with Gasteiger partial charge in [-0.2, -0.15) is 5.10 Å². The van der Waals surface area contributed by atoms with Gasteiger partial charge in [0.1, 0.15) is 5.75 Å². The molecule has 1 N–H and O–H groups in total. The largest absolute Gasteiger partial charge is 0.493 e. The van der Waals surface area contributed by atoms with Crippen molar-refractivity contribution in [2.24, 2.45) is 5.10 Å². The summed E-state index contributed by atoms with van der Waals surface area (Å²) in [6, 6.07) is 7.56. The predicted octanol–water partition coefficient (Wildman–Crippen LogP) is 1.24. The molecule has 5 heteroatoms. The van der Waals surface area contributed by atoms with Gasteiger partial charge in [-0.05, 0) is 19.1 Å². The van der Waals surface area contributed by atoms with Crippen molar-refractivity contribution in [3.8, 4) is 5.75 Å². The molecule has 0 heterocycles. The molecule has 1 amide bonds. The summed E-state index contributed by atoms with van der Waals surface area (Å²) in [6.07, 6.45) is 1.60. The lowest BCUT2D eigenvalue weighted by atomic mass is 10.2. The third kappa shape index (κ3) is 6.01. The molecule has 0 aromatic heterocycles. The van der Waals surface area contributed by atoms with Crippen LogP contribution in [0.2, 0.25) is 0 Å². The van der Waals surface area contributed by atoms with Gasteiger partial charge in [-0.1, -0.05) is 12.1 Å². The summed E-state index contributed by atoms with van der Waals surface area (Å²) < 4.78 is 6.03. The number of carbonyl (C=O) groups is 1. The molecule has 0 aliphatic rings. The summed E-state index contributed by atoms with van der Waals surface area (Å²) in [4.78, 5) is 11.6. The van der Waals surface area contributed by atoms with E-state index in [0.717, 1.165) is 11.3 Å². The molecule has 104 valence electrons. The molecule has 1 aromatic rings. The number of para-hydroxylation sites is 1. The van der Waals surface area contributed by atoms with Crippen molar-refractivity contribution in [1.82, 2.24) is 5.43 Å². The van der Waals surface area contributed by atoms with E-state index in [-0.39, 0.29) is 5.91 Å². The third-order valence-corrected chi connectivity index (χ3v) is 2.23. The van der Waals surface area contributed by atoms with Crippen LogP contribution in [0.15, 0.2) is 29.4 Å². The Kier molecular flexibility index (Phi) is 5.51. The number of ether oxygens (including phenoxy) is 1. The van der Waals surface area contributed by atoms with Crippen LogP contribution in [-0.2, 0) is 4.79 Å². The number of benzene rings is 1. The van der Waals surface area contributed by atoms with Gasteiger partial charge in [-0.3, -0.25) is 4.79 Å². The molecule has 0 saturated heterocycles. The number of nitrogens with one attached hydrogen (secondary N) is 1. The number of likely N-dealkylation sites (N-methyl/N-ethyl adjacent to an activating group) is 1. The summed E-state index contributed by atoms with van der Waals surface area (Å²) in [5.41, 5.74) is 3.36. The molecule has 0 atom stereocenters. The van der Waals surface area contributed by atoms with Gasteiger partial charge in [0.25, 0.3) is 5.91 Å². The van der Waals surface area contributed by atoms with Gasteiger partial charge in [0, 0.05) is 5.56 Å². The van der Waals surface area contributed by atoms with Crippen molar-refractivity contribution in [1.29, 1.82) is 0 Å². The maximum absolute atomic E-state index is 11.6. The monoisotopic (exact) mass is 264 g/mol. The van der Waals surface area contributed by atoms with Crippen molar-refractivity contribution in [3.63, 3.8) is 0 Å². The molecule has 0 spiro atoms. The van der Waals surface area contributed by atoms with Crippen LogP contribution in [0.5, 0.6) is 5.75 Å². The van der Waals surface area contributed by atoms with Crippen LogP contribution in [0.1, 0.15) is 12.5 Å². The minimum Gasteiger partial charge on any atom is -0.493 e. The molecular weight excluding hydrogens is 242 g/mol. The van der Waals surface area contributed by atoms with Crippen LogP contribution < -0.4 is 10.2 Å². The molecule has 0 saturated carbocycles. The average Bonchev–Trinajstić information content (AvgIpc) is 2.29. The number of rotatable bonds is 6. The smallest absolute Gasteiger partial charge is 0.295 e. The lowest BCUT2D eigenvalue weighted by molar-refractivity contribution is -0.862.